The van der Waals surface area contributed by atoms with E-state index in [1.807, 2.05) is 7.05 Å². The van der Waals surface area contributed by atoms with Gasteiger partial charge in [-0.3, -0.25) is 0 Å². The Labute approximate surface area is 104 Å². The van der Waals surface area contributed by atoms with E-state index in [0.717, 1.165) is 19.2 Å². The Morgan fingerprint density at radius 3 is 2.50 bits per heavy atom. The molecule has 0 aromatic heterocycles. The Morgan fingerprint density at radius 1 is 1.22 bits per heavy atom. The van der Waals surface area contributed by atoms with Crippen molar-refractivity contribution in [2.24, 2.45) is 0 Å². The monoisotopic (exact) mass is 259 g/mol. The lowest BCUT2D eigenvalue weighted by molar-refractivity contribution is -0.145. The molecule has 1 aromatic carbocycles. The Hall–Kier alpha value is -1.27. The summed E-state index contributed by atoms with van der Waals surface area (Å²) in [6, 6.07) is 6.04. The molecule has 0 saturated carbocycles. The molecule has 3 nitrogen and oxygen atoms in total. The van der Waals surface area contributed by atoms with Crippen molar-refractivity contribution in [3.8, 4) is 5.75 Å². The third-order valence-corrected chi connectivity index (χ3v) is 2.82. The zero-order valence-corrected chi connectivity index (χ0v) is 10.00. The van der Waals surface area contributed by atoms with Gasteiger partial charge < -0.3 is 9.74 Å². The molecule has 6 heteroatoms. The van der Waals surface area contributed by atoms with Crippen molar-refractivity contribution in [2.75, 3.05) is 33.2 Å². The van der Waals surface area contributed by atoms with Crippen LogP contribution in [0.5, 0.6) is 5.75 Å². The van der Waals surface area contributed by atoms with E-state index in [4.69, 9.17) is 4.84 Å². The van der Waals surface area contributed by atoms with Crippen LogP contribution in [0.25, 0.3) is 0 Å². The number of halogens is 3. The summed E-state index contributed by atoms with van der Waals surface area (Å²) < 4.78 is 38.2. The molecule has 1 aliphatic heterocycles. The van der Waals surface area contributed by atoms with Gasteiger partial charge in [-0.15, -0.1) is 5.06 Å². The molecule has 0 atom stereocenters. The number of nitrogens with zero attached hydrogens (tertiary/aromatic N) is 2. The topological polar surface area (TPSA) is 15.7 Å². The summed E-state index contributed by atoms with van der Waals surface area (Å²) in [5.74, 6) is -0.161. The van der Waals surface area contributed by atoms with Crippen LogP contribution in [0.3, 0.4) is 0 Å². The van der Waals surface area contributed by atoms with Crippen LogP contribution in [0.4, 0.5) is 13.2 Å². The van der Waals surface area contributed by atoms with Gasteiger partial charge in [0.25, 0.3) is 0 Å². The Balaban J connectivity index is 2.10. The normalized spacial score (nSPS) is 18.9. The number of hydrogen-bond acceptors (Lipinski definition) is 3. The van der Waals surface area contributed by atoms with Gasteiger partial charge in [-0.1, -0.05) is 6.07 Å². The highest BCUT2D eigenvalue weighted by atomic mass is 19.4. The van der Waals surface area contributed by atoms with E-state index in [1.54, 1.807) is 5.06 Å². The molecule has 0 spiro atoms. The van der Waals surface area contributed by atoms with Crippen molar-refractivity contribution in [1.82, 2.24) is 9.96 Å². The largest absolute Gasteiger partial charge is 0.420 e. The average molecular weight is 259 g/mol. The number of piperazine rings is 1. The molecule has 0 aliphatic carbocycles. The van der Waals surface area contributed by atoms with Crippen LogP contribution in [0.1, 0.15) is 5.56 Å². The molecular formula is C12H14F3N2O. The summed E-state index contributed by atoms with van der Waals surface area (Å²) in [6.07, 6.45) is -4.42. The fourth-order valence-electron chi connectivity index (χ4n) is 1.74. The molecule has 1 saturated heterocycles. The van der Waals surface area contributed by atoms with Crippen molar-refractivity contribution in [3.05, 3.63) is 29.8 Å². The zero-order valence-electron chi connectivity index (χ0n) is 10.00. The molecule has 1 aliphatic rings. The number of benzene rings is 1. The first-order valence-electron chi connectivity index (χ1n) is 5.65. The van der Waals surface area contributed by atoms with Crippen LogP contribution >= 0.6 is 0 Å². The zero-order chi connectivity index (χ0) is 13.2. The fraction of sp³-hybridized carbons (Fsp3) is 0.500. The van der Waals surface area contributed by atoms with Gasteiger partial charge in [-0.25, -0.2) is 0 Å². The summed E-state index contributed by atoms with van der Waals surface area (Å²) in [7, 11) is 1.97. The first-order chi connectivity index (χ1) is 8.47. The number of likely N-dealkylation sites (N-methyl/N-ethyl adjacent to an activating group) is 1. The molecular weight excluding hydrogens is 245 g/mol. The lowest BCUT2D eigenvalue weighted by Crippen LogP contribution is -2.46. The van der Waals surface area contributed by atoms with Gasteiger partial charge in [0.05, 0.1) is 0 Å². The molecule has 1 heterocycles. The van der Waals surface area contributed by atoms with Gasteiger partial charge in [-0.2, -0.15) is 13.2 Å². The minimum absolute atomic E-state index is 0.161. The number of rotatable bonds is 2. The number of hydroxylamine groups is 2. The lowest BCUT2D eigenvalue weighted by Gasteiger charge is -2.32. The van der Waals surface area contributed by atoms with Crippen LogP contribution in [0.2, 0.25) is 0 Å². The van der Waals surface area contributed by atoms with Gasteiger partial charge >= 0.3 is 6.18 Å². The first-order valence-corrected chi connectivity index (χ1v) is 5.65. The summed E-state index contributed by atoms with van der Waals surface area (Å²) in [4.78, 5) is 7.43. The molecule has 1 fully saturated rings. The fourth-order valence-corrected chi connectivity index (χ4v) is 1.74. The smallest absolute Gasteiger partial charge is 0.405 e. The summed E-state index contributed by atoms with van der Waals surface area (Å²) in [5, 5.41) is 1.56. The summed E-state index contributed by atoms with van der Waals surface area (Å²) in [5.41, 5.74) is -0.788. The van der Waals surface area contributed by atoms with Gasteiger partial charge in [0.2, 0.25) is 0 Å². The third-order valence-electron chi connectivity index (χ3n) is 2.82. The Kier molecular flexibility index (Phi) is 3.77. The van der Waals surface area contributed by atoms with Crippen LogP contribution < -0.4 is 4.84 Å². The van der Waals surface area contributed by atoms with Gasteiger partial charge in [0.1, 0.15) is 5.56 Å². The minimum atomic E-state index is -4.42. The SMILES string of the molecule is CN1CCN(Oc2cc[c]cc2C(F)(F)F)CC1. The Morgan fingerprint density at radius 2 is 1.89 bits per heavy atom. The maximum absolute atomic E-state index is 12.7. The van der Waals surface area contributed by atoms with E-state index in [2.05, 4.69) is 11.0 Å². The highest BCUT2D eigenvalue weighted by molar-refractivity contribution is 5.34. The maximum Gasteiger partial charge on any atom is 0.420 e. The molecule has 1 radical (unpaired) electrons. The van der Waals surface area contributed by atoms with Gasteiger partial charge in [0, 0.05) is 26.2 Å². The van der Waals surface area contributed by atoms with Gasteiger partial charge in [0.15, 0.2) is 5.75 Å². The second kappa shape index (κ2) is 5.16. The highest BCUT2D eigenvalue weighted by Gasteiger charge is 2.35. The van der Waals surface area contributed by atoms with Crippen molar-refractivity contribution in [1.29, 1.82) is 0 Å². The van der Waals surface area contributed by atoms with E-state index in [9.17, 15) is 13.2 Å². The van der Waals surface area contributed by atoms with Crippen LogP contribution in [-0.4, -0.2) is 43.2 Å². The minimum Gasteiger partial charge on any atom is -0.405 e. The molecule has 0 unspecified atom stereocenters. The molecule has 0 bridgehead atoms. The van der Waals surface area contributed by atoms with E-state index < -0.39 is 11.7 Å². The van der Waals surface area contributed by atoms with Gasteiger partial charge in [-0.05, 0) is 25.2 Å². The van der Waals surface area contributed by atoms with Crippen LogP contribution in [0.15, 0.2) is 18.2 Å². The predicted octanol–water partition coefficient (Wildman–Crippen LogP) is 2.05. The molecule has 99 valence electrons. The van der Waals surface area contributed by atoms with E-state index in [-0.39, 0.29) is 5.75 Å². The highest BCUT2D eigenvalue weighted by Crippen LogP contribution is 2.36. The van der Waals surface area contributed by atoms with Crippen molar-refractivity contribution in [2.45, 2.75) is 6.18 Å². The number of alkyl halides is 3. The quantitative estimate of drug-likeness (QED) is 0.808. The van der Waals surface area contributed by atoms with E-state index in [0.29, 0.717) is 13.1 Å². The van der Waals surface area contributed by atoms with Crippen molar-refractivity contribution in [3.63, 3.8) is 0 Å². The maximum atomic E-state index is 12.7. The number of hydrogen-bond donors (Lipinski definition) is 0. The third kappa shape index (κ3) is 3.14. The first kappa shape index (κ1) is 13.2. The van der Waals surface area contributed by atoms with Crippen molar-refractivity contribution < 1.29 is 18.0 Å². The molecule has 0 amide bonds. The molecule has 1 aromatic rings. The second-order valence-corrected chi connectivity index (χ2v) is 4.24. The van der Waals surface area contributed by atoms with E-state index >= 15 is 0 Å². The molecule has 18 heavy (non-hydrogen) atoms. The van der Waals surface area contributed by atoms with E-state index in [1.165, 1.54) is 12.1 Å². The van der Waals surface area contributed by atoms with Crippen LogP contribution in [0, 0.1) is 6.07 Å². The lowest BCUT2D eigenvalue weighted by atomic mass is 10.2. The summed E-state index contributed by atoms with van der Waals surface area (Å²) in [6.45, 7) is 2.74. The summed E-state index contributed by atoms with van der Waals surface area (Å²) >= 11 is 0. The average Bonchev–Trinajstić information content (AvgIpc) is 2.31. The second-order valence-electron chi connectivity index (χ2n) is 4.24. The predicted molar refractivity (Wildman–Crippen MR) is 60.0 cm³/mol. The van der Waals surface area contributed by atoms with Crippen LogP contribution in [-0.2, 0) is 6.18 Å². The standard InChI is InChI=1S/C12H14F3N2O/c1-16-6-8-17(9-7-16)18-11-5-3-2-4-10(11)12(13,14)15/h3-5H,6-9H2,1H3. The Bertz CT molecular complexity index is 401. The molecule has 0 N–H and O–H groups in total. The molecule has 2 rings (SSSR count). The van der Waals surface area contributed by atoms with Crippen molar-refractivity contribution >= 4 is 0 Å².